The maximum absolute atomic E-state index is 14.4. The van der Waals surface area contributed by atoms with Crippen LogP contribution in [0.15, 0.2) is 30.5 Å². The predicted molar refractivity (Wildman–Crippen MR) is 148 cm³/mol. The Morgan fingerprint density at radius 3 is 2.85 bits per heavy atom. The molecule has 2 aromatic heterocycles. The molecule has 3 aromatic rings. The number of anilines is 3. The van der Waals surface area contributed by atoms with Crippen molar-refractivity contribution < 1.29 is 18.7 Å². The van der Waals surface area contributed by atoms with Crippen LogP contribution in [-0.2, 0) is 19.7 Å². The second-order valence-corrected chi connectivity index (χ2v) is 11.3. The molecule has 7 rings (SSSR count). The maximum Gasteiger partial charge on any atom is 0.228 e. The van der Waals surface area contributed by atoms with Crippen LogP contribution in [0.25, 0.3) is 10.9 Å². The lowest BCUT2D eigenvalue weighted by Crippen LogP contribution is -2.39. The first-order valence-corrected chi connectivity index (χ1v) is 14.1. The van der Waals surface area contributed by atoms with E-state index in [-0.39, 0.29) is 23.2 Å². The van der Waals surface area contributed by atoms with Gasteiger partial charge in [0.05, 0.1) is 48.1 Å². The minimum atomic E-state index is -0.337. The summed E-state index contributed by atoms with van der Waals surface area (Å²) in [6, 6.07) is 6.98. The van der Waals surface area contributed by atoms with Gasteiger partial charge in [-0.05, 0) is 61.9 Å². The summed E-state index contributed by atoms with van der Waals surface area (Å²) >= 11 is 0. The number of morpholine rings is 1. The SMILES string of the molecule is Cc1c(N2CCCCC2=O)nc2cc(F)ccc2c1[C@H]1CC2(CCO1)CNc1cc(N3CCOCC3)cnc12. The summed E-state index contributed by atoms with van der Waals surface area (Å²) in [6.45, 7) is 7.28. The minimum absolute atomic E-state index is 0.0776. The van der Waals surface area contributed by atoms with Crippen LogP contribution in [0.5, 0.6) is 0 Å². The van der Waals surface area contributed by atoms with E-state index < -0.39 is 0 Å². The van der Waals surface area contributed by atoms with E-state index in [4.69, 9.17) is 19.4 Å². The molecule has 1 spiro atoms. The van der Waals surface area contributed by atoms with Crippen LogP contribution >= 0.6 is 0 Å². The molecule has 39 heavy (non-hydrogen) atoms. The van der Waals surface area contributed by atoms with Crippen molar-refractivity contribution in [3.63, 3.8) is 0 Å². The van der Waals surface area contributed by atoms with E-state index >= 15 is 0 Å². The van der Waals surface area contributed by atoms with Crippen LogP contribution in [-0.4, -0.2) is 61.9 Å². The summed E-state index contributed by atoms with van der Waals surface area (Å²) in [6.07, 6.45) is 5.75. The number of piperidine rings is 1. The third kappa shape index (κ3) is 4.23. The molecule has 0 aliphatic carbocycles. The van der Waals surface area contributed by atoms with Gasteiger partial charge < -0.3 is 19.7 Å². The molecule has 9 heteroatoms. The third-order valence-corrected chi connectivity index (χ3v) is 8.96. The van der Waals surface area contributed by atoms with Gasteiger partial charge in [-0.2, -0.15) is 0 Å². The number of pyridine rings is 2. The highest BCUT2D eigenvalue weighted by Crippen LogP contribution is 2.50. The van der Waals surface area contributed by atoms with Gasteiger partial charge in [0.25, 0.3) is 0 Å². The molecule has 3 fully saturated rings. The molecule has 6 heterocycles. The molecule has 4 aliphatic rings. The third-order valence-electron chi connectivity index (χ3n) is 8.96. The van der Waals surface area contributed by atoms with E-state index in [0.29, 0.717) is 30.9 Å². The lowest BCUT2D eigenvalue weighted by Gasteiger charge is -2.39. The molecule has 0 saturated carbocycles. The van der Waals surface area contributed by atoms with Crippen molar-refractivity contribution in [1.82, 2.24) is 9.97 Å². The molecule has 2 atom stereocenters. The summed E-state index contributed by atoms with van der Waals surface area (Å²) in [4.78, 5) is 26.8. The lowest BCUT2D eigenvalue weighted by atomic mass is 9.74. The van der Waals surface area contributed by atoms with Crippen molar-refractivity contribution in [1.29, 1.82) is 0 Å². The van der Waals surface area contributed by atoms with Crippen molar-refractivity contribution >= 4 is 34.0 Å². The highest BCUT2D eigenvalue weighted by atomic mass is 19.1. The van der Waals surface area contributed by atoms with E-state index in [2.05, 4.69) is 16.3 Å². The number of nitrogens with zero attached hydrogens (tertiary/aromatic N) is 4. The summed E-state index contributed by atoms with van der Waals surface area (Å²) in [5, 5.41) is 4.53. The fourth-order valence-corrected chi connectivity index (χ4v) is 6.88. The Morgan fingerprint density at radius 2 is 2.00 bits per heavy atom. The number of carbonyl (C=O) groups is 1. The summed E-state index contributed by atoms with van der Waals surface area (Å²) in [5.41, 5.74) is 5.66. The lowest BCUT2D eigenvalue weighted by molar-refractivity contribution is -0.119. The number of benzene rings is 1. The normalized spacial score (nSPS) is 25.3. The fraction of sp³-hybridized carbons (Fsp3) is 0.500. The molecule has 204 valence electrons. The number of halogens is 1. The van der Waals surface area contributed by atoms with Gasteiger partial charge in [-0.25, -0.2) is 9.37 Å². The average Bonchev–Trinajstić information content (AvgIpc) is 3.30. The van der Waals surface area contributed by atoms with Gasteiger partial charge in [0.1, 0.15) is 11.6 Å². The van der Waals surface area contributed by atoms with Crippen LogP contribution in [0.2, 0.25) is 0 Å². The van der Waals surface area contributed by atoms with Crippen LogP contribution in [0.4, 0.5) is 21.6 Å². The quantitative estimate of drug-likeness (QED) is 0.527. The Morgan fingerprint density at radius 1 is 1.13 bits per heavy atom. The first-order valence-electron chi connectivity index (χ1n) is 14.1. The van der Waals surface area contributed by atoms with Crippen LogP contribution < -0.4 is 15.1 Å². The smallest absolute Gasteiger partial charge is 0.228 e. The predicted octanol–water partition coefficient (Wildman–Crippen LogP) is 4.65. The number of amides is 1. The highest BCUT2D eigenvalue weighted by Gasteiger charge is 2.46. The van der Waals surface area contributed by atoms with Gasteiger partial charge in [0, 0.05) is 56.1 Å². The topological polar surface area (TPSA) is 79.8 Å². The molecule has 0 radical (unpaired) electrons. The van der Waals surface area contributed by atoms with Crippen molar-refractivity contribution in [2.24, 2.45) is 0 Å². The molecule has 4 aliphatic heterocycles. The molecule has 0 bridgehead atoms. The summed E-state index contributed by atoms with van der Waals surface area (Å²) in [7, 11) is 0. The zero-order valence-corrected chi connectivity index (χ0v) is 22.3. The van der Waals surface area contributed by atoms with E-state index in [1.165, 1.54) is 12.1 Å². The molecular weight excluding hydrogens is 497 g/mol. The zero-order valence-electron chi connectivity index (χ0n) is 22.3. The summed E-state index contributed by atoms with van der Waals surface area (Å²) < 4.78 is 26.3. The standard InChI is InChI=1S/C30H34FN5O3/c1-19-27(22-6-5-20(31)14-23(22)34-29(19)36-8-3-2-4-26(36)37)25-16-30(7-11-39-25)18-33-24-15-21(17-32-28(24)30)35-9-12-38-13-10-35/h5-6,14-15,17,25,33H,2-4,7-13,16,18H2,1H3/t25-,30?/m1/s1. The highest BCUT2D eigenvalue weighted by molar-refractivity contribution is 5.96. The van der Waals surface area contributed by atoms with E-state index in [1.54, 1.807) is 11.0 Å². The first-order chi connectivity index (χ1) is 19.0. The molecule has 1 N–H and O–H groups in total. The number of fused-ring (bicyclic) bond motifs is 3. The number of aromatic nitrogens is 2. The average molecular weight is 532 g/mol. The molecule has 1 unspecified atom stereocenters. The van der Waals surface area contributed by atoms with E-state index in [0.717, 1.165) is 92.1 Å². The largest absolute Gasteiger partial charge is 0.383 e. The second kappa shape index (κ2) is 9.71. The van der Waals surface area contributed by atoms with Crippen LogP contribution in [0.1, 0.15) is 55.0 Å². The zero-order chi connectivity index (χ0) is 26.6. The van der Waals surface area contributed by atoms with Gasteiger partial charge in [0.15, 0.2) is 0 Å². The van der Waals surface area contributed by atoms with Gasteiger partial charge in [0.2, 0.25) is 5.91 Å². The van der Waals surface area contributed by atoms with Gasteiger partial charge in [-0.1, -0.05) is 0 Å². The number of ether oxygens (including phenoxy) is 2. The Labute approximate surface area is 227 Å². The molecule has 8 nitrogen and oxygen atoms in total. The second-order valence-electron chi connectivity index (χ2n) is 11.3. The first kappa shape index (κ1) is 24.7. The van der Waals surface area contributed by atoms with Crippen molar-refractivity contribution in [2.45, 2.75) is 50.5 Å². The van der Waals surface area contributed by atoms with E-state index in [9.17, 15) is 9.18 Å². The summed E-state index contributed by atoms with van der Waals surface area (Å²) in [5.74, 6) is 0.374. The van der Waals surface area contributed by atoms with Crippen molar-refractivity contribution in [3.8, 4) is 0 Å². The Hall–Kier alpha value is -3.30. The van der Waals surface area contributed by atoms with Gasteiger partial charge in [-0.3, -0.25) is 14.7 Å². The molecule has 1 aromatic carbocycles. The van der Waals surface area contributed by atoms with Crippen LogP contribution in [0.3, 0.4) is 0 Å². The molecule has 1 amide bonds. The Bertz CT molecular complexity index is 1440. The number of hydrogen-bond donors (Lipinski definition) is 1. The number of carbonyl (C=O) groups excluding carboxylic acids is 1. The van der Waals surface area contributed by atoms with E-state index in [1.807, 2.05) is 13.1 Å². The molecular formula is C30H34FN5O3. The monoisotopic (exact) mass is 531 g/mol. The Kier molecular flexibility index (Phi) is 6.16. The minimum Gasteiger partial charge on any atom is -0.383 e. The van der Waals surface area contributed by atoms with Gasteiger partial charge in [-0.15, -0.1) is 0 Å². The fourth-order valence-electron chi connectivity index (χ4n) is 6.88. The molecule has 3 saturated heterocycles. The number of rotatable bonds is 3. The maximum atomic E-state index is 14.4. The number of nitrogens with one attached hydrogen (secondary N) is 1. The van der Waals surface area contributed by atoms with Gasteiger partial charge >= 0.3 is 0 Å². The van der Waals surface area contributed by atoms with Crippen molar-refractivity contribution in [2.75, 3.05) is 61.1 Å². The van der Waals surface area contributed by atoms with Crippen molar-refractivity contribution in [3.05, 3.63) is 53.1 Å². The Balaban J connectivity index is 1.27. The number of hydrogen-bond acceptors (Lipinski definition) is 7. The van der Waals surface area contributed by atoms with Crippen LogP contribution in [0, 0.1) is 12.7 Å².